The zero-order valence-electron chi connectivity index (χ0n) is 12.3. The number of methoxy groups -OCH3 is 2. The summed E-state index contributed by atoms with van der Waals surface area (Å²) < 4.78 is 9.94. The highest BCUT2D eigenvalue weighted by atomic mass is 16.5. The third kappa shape index (κ3) is 4.23. The quantitative estimate of drug-likeness (QED) is 0.749. The molecule has 110 valence electrons. The van der Waals surface area contributed by atoms with Crippen molar-refractivity contribution < 1.29 is 14.3 Å². The van der Waals surface area contributed by atoms with Crippen LogP contribution in [0.2, 0.25) is 0 Å². The van der Waals surface area contributed by atoms with Crippen LogP contribution in [0, 0.1) is 5.92 Å². The Morgan fingerprint density at radius 3 is 3.00 bits per heavy atom. The summed E-state index contributed by atoms with van der Waals surface area (Å²) in [5.41, 5.74) is 1.28. The molecule has 0 spiro atoms. The smallest absolute Gasteiger partial charge is 0.305 e. The Bertz CT molecular complexity index is 447. The number of ether oxygens (including phenoxy) is 2. The highest BCUT2D eigenvalue weighted by molar-refractivity contribution is 5.69. The van der Waals surface area contributed by atoms with Gasteiger partial charge in [0.15, 0.2) is 0 Å². The maximum absolute atomic E-state index is 11.2. The van der Waals surface area contributed by atoms with Crippen molar-refractivity contribution in [3.05, 3.63) is 29.8 Å². The van der Waals surface area contributed by atoms with E-state index in [1.54, 1.807) is 7.11 Å². The number of rotatable bonds is 6. The number of likely N-dealkylation sites (tertiary alicyclic amines) is 1. The average Bonchev–Trinajstić information content (AvgIpc) is 2.92. The predicted octanol–water partition coefficient (Wildman–Crippen LogP) is 2.47. The zero-order chi connectivity index (χ0) is 14.4. The van der Waals surface area contributed by atoms with E-state index in [9.17, 15) is 4.79 Å². The Morgan fingerprint density at radius 2 is 2.25 bits per heavy atom. The van der Waals surface area contributed by atoms with Gasteiger partial charge in [0.2, 0.25) is 0 Å². The number of carbonyl (C=O) groups is 1. The fourth-order valence-electron chi connectivity index (χ4n) is 2.75. The summed E-state index contributed by atoms with van der Waals surface area (Å²) in [5.74, 6) is 1.42. The van der Waals surface area contributed by atoms with Crippen molar-refractivity contribution in [2.24, 2.45) is 5.92 Å². The number of esters is 1. The van der Waals surface area contributed by atoms with E-state index in [1.165, 1.54) is 19.1 Å². The van der Waals surface area contributed by atoms with Gasteiger partial charge in [-0.25, -0.2) is 0 Å². The van der Waals surface area contributed by atoms with Crippen LogP contribution in [0.4, 0.5) is 0 Å². The molecular weight excluding hydrogens is 254 g/mol. The lowest BCUT2D eigenvalue weighted by Gasteiger charge is -2.16. The van der Waals surface area contributed by atoms with Gasteiger partial charge in [-0.15, -0.1) is 0 Å². The van der Waals surface area contributed by atoms with Gasteiger partial charge in [0.25, 0.3) is 0 Å². The van der Waals surface area contributed by atoms with Crippen LogP contribution >= 0.6 is 0 Å². The molecule has 1 fully saturated rings. The van der Waals surface area contributed by atoms with Gasteiger partial charge in [-0.1, -0.05) is 12.1 Å². The van der Waals surface area contributed by atoms with Gasteiger partial charge >= 0.3 is 5.97 Å². The zero-order valence-corrected chi connectivity index (χ0v) is 12.3. The van der Waals surface area contributed by atoms with Crippen molar-refractivity contribution in [2.45, 2.75) is 25.8 Å². The summed E-state index contributed by atoms with van der Waals surface area (Å²) in [5, 5.41) is 0. The maximum atomic E-state index is 11.2. The molecule has 1 unspecified atom stereocenters. The van der Waals surface area contributed by atoms with Crippen LogP contribution in [0.3, 0.4) is 0 Å². The molecule has 1 aliphatic heterocycles. The van der Waals surface area contributed by atoms with E-state index in [1.807, 2.05) is 12.1 Å². The van der Waals surface area contributed by atoms with E-state index in [4.69, 9.17) is 9.47 Å². The van der Waals surface area contributed by atoms with Crippen molar-refractivity contribution in [3.63, 3.8) is 0 Å². The predicted molar refractivity (Wildman–Crippen MR) is 77.6 cm³/mol. The first-order valence-electron chi connectivity index (χ1n) is 7.13. The van der Waals surface area contributed by atoms with Gasteiger partial charge < -0.3 is 9.47 Å². The number of benzene rings is 1. The molecule has 0 bridgehead atoms. The van der Waals surface area contributed by atoms with Gasteiger partial charge in [-0.05, 0) is 43.0 Å². The lowest BCUT2D eigenvalue weighted by atomic mass is 10.0. The van der Waals surface area contributed by atoms with Crippen molar-refractivity contribution in [1.82, 2.24) is 4.90 Å². The fourth-order valence-corrected chi connectivity index (χ4v) is 2.75. The number of hydrogen-bond donors (Lipinski definition) is 0. The van der Waals surface area contributed by atoms with Gasteiger partial charge in [-0.2, -0.15) is 0 Å². The third-order valence-electron chi connectivity index (χ3n) is 3.89. The van der Waals surface area contributed by atoms with E-state index in [0.717, 1.165) is 31.8 Å². The van der Waals surface area contributed by atoms with E-state index in [0.29, 0.717) is 12.3 Å². The Morgan fingerprint density at radius 1 is 1.40 bits per heavy atom. The molecular formula is C16H23NO3. The summed E-state index contributed by atoms with van der Waals surface area (Å²) in [6.45, 7) is 3.11. The first-order valence-corrected chi connectivity index (χ1v) is 7.13. The summed E-state index contributed by atoms with van der Waals surface area (Å²) in [4.78, 5) is 13.6. The molecule has 2 rings (SSSR count). The van der Waals surface area contributed by atoms with Crippen LogP contribution in [0.25, 0.3) is 0 Å². The average molecular weight is 277 g/mol. The normalized spacial score (nSPS) is 19.0. The standard InChI is InChI=1S/C16H23NO3/c1-19-15-5-3-4-14(10-15)12-17-9-8-13(11-17)6-7-16(18)20-2/h3-5,10,13H,6-9,11-12H2,1-2H3. The number of hydrogen-bond acceptors (Lipinski definition) is 4. The molecule has 20 heavy (non-hydrogen) atoms. The van der Waals surface area contributed by atoms with Crippen molar-refractivity contribution in [2.75, 3.05) is 27.3 Å². The molecule has 0 aromatic heterocycles. The molecule has 1 aliphatic rings. The number of nitrogens with zero attached hydrogens (tertiary/aromatic N) is 1. The molecule has 0 radical (unpaired) electrons. The van der Waals surface area contributed by atoms with Crippen LogP contribution in [-0.2, 0) is 16.1 Å². The lowest BCUT2D eigenvalue weighted by molar-refractivity contribution is -0.140. The van der Waals surface area contributed by atoms with Gasteiger partial charge in [-0.3, -0.25) is 9.69 Å². The third-order valence-corrected chi connectivity index (χ3v) is 3.89. The van der Waals surface area contributed by atoms with Crippen LogP contribution < -0.4 is 4.74 Å². The highest BCUT2D eigenvalue weighted by Crippen LogP contribution is 2.23. The fraction of sp³-hybridized carbons (Fsp3) is 0.562. The van der Waals surface area contributed by atoms with Crippen molar-refractivity contribution in [1.29, 1.82) is 0 Å². The van der Waals surface area contributed by atoms with E-state index in [-0.39, 0.29) is 5.97 Å². The SMILES string of the molecule is COC(=O)CCC1CCN(Cc2cccc(OC)c2)C1. The second-order valence-electron chi connectivity index (χ2n) is 5.36. The summed E-state index contributed by atoms with van der Waals surface area (Å²) in [7, 11) is 3.14. The minimum atomic E-state index is -0.101. The summed E-state index contributed by atoms with van der Waals surface area (Å²) >= 11 is 0. The Balaban J connectivity index is 1.79. The summed E-state index contributed by atoms with van der Waals surface area (Å²) in [6.07, 6.45) is 2.64. The maximum Gasteiger partial charge on any atom is 0.305 e. The topological polar surface area (TPSA) is 38.8 Å². The molecule has 1 saturated heterocycles. The van der Waals surface area contributed by atoms with Crippen LogP contribution in [0.1, 0.15) is 24.8 Å². The van der Waals surface area contributed by atoms with Gasteiger partial charge in [0.05, 0.1) is 14.2 Å². The molecule has 0 N–H and O–H groups in total. The van der Waals surface area contributed by atoms with Gasteiger partial charge in [0.1, 0.15) is 5.75 Å². The van der Waals surface area contributed by atoms with E-state index < -0.39 is 0 Å². The Labute approximate surface area is 120 Å². The second-order valence-corrected chi connectivity index (χ2v) is 5.36. The molecule has 1 atom stereocenters. The first-order chi connectivity index (χ1) is 9.71. The molecule has 0 saturated carbocycles. The van der Waals surface area contributed by atoms with E-state index >= 15 is 0 Å². The molecule has 0 aliphatic carbocycles. The number of carbonyl (C=O) groups excluding carboxylic acids is 1. The molecule has 1 aromatic rings. The lowest BCUT2D eigenvalue weighted by Crippen LogP contribution is -2.20. The highest BCUT2D eigenvalue weighted by Gasteiger charge is 2.23. The molecule has 4 nitrogen and oxygen atoms in total. The van der Waals surface area contributed by atoms with Crippen molar-refractivity contribution >= 4 is 5.97 Å². The summed E-state index contributed by atoms with van der Waals surface area (Å²) in [6, 6.07) is 8.21. The Hall–Kier alpha value is -1.55. The van der Waals surface area contributed by atoms with Gasteiger partial charge in [0, 0.05) is 19.5 Å². The minimum absolute atomic E-state index is 0.101. The monoisotopic (exact) mass is 277 g/mol. The molecule has 1 heterocycles. The molecule has 0 amide bonds. The Kier molecular flexibility index (Phi) is 5.41. The van der Waals surface area contributed by atoms with Crippen LogP contribution in [-0.4, -0.2) is 38.2 Å². The van der Waals surface area contributed by atoms with Crippen LogP contribution in [0.5, 0.6) is 5.75 Å². The van der Waals surface area contributed by atoms with Crippen LogP contribution in [0.15, 0.2) is 24.3 Å². The molecule has 4 heteroatoms. The second kappa shape index (κ2) is 7.29. The van der Waals surface area contributed by atoms with E-state index in [2.05, 4.69) is 17.0 Å². The van der Waals surface area contributed by atoms with Crippen molar-refractivity contribution in [3.8, 4) is 5.75 Å². The largest absolute Gasteiger partial charge is 0.497 e. The minimum Gasteiger partial charge on any atom is -0.497 e. The first kappa shape index (κ1) is 14.9. The molecule has 1 aromatic carbocycles.